The molecule has 4 heteroatoms. The SMILES string of the molecule is BrBr.CCCCC[n+]1ccccc1.[Br-]. The monoisotopic (exact) mass is 387 g/mol. The Morgan fingerprint density at radius 2 is 1.57 bits per heavy atom. The van der Waals surface area contributed by atoms with Crippen LogP contribution in [0, 0.1) is 0 Å². The zero-order valence-corrected chi connectivity index (χ0v) is 13.1. The highest BCUT2D eigenvalue weighted by Crippen LogP contribution is 1.92. The zero-order valence-electron chi connectivity index (χ0n) is 8.30. The van der Waals surface area contributed by atoms with Gasteiger partial charge in [-0.1, -0.05) is 19.4 Å². The van der Waals surface area contributed by atoms with Crippen LogP contribution in [-0.4, -0.2) is 0 Å². The molecule has 0 aliphatic heterocycles. The van der Waals surface area contributed by atoms with Gasteiger partial charge >= 0.3 is 0 Å². The summed E-state index contributed by atoms with van der Waals surface area (Å²) in [5.41, 5.74) is 0. The van der Waals surface area contributed by atoms with Crippen LogP contribution in [0.3, 0.4) is 0 Å². The number of rotatable bonds is 4. The van der Waals surface area contributed by atoms with Gasteiger partial charge in [-0.2, -0.15) is 0 Å². The van der Waals surface area contributed by atoms with Gasteiger partial charge in [0.1, 0.15) is 6.54 Å². The van der Waals surface area contributed by atoms with Crippen LogP contribution >= 0.6 is 28.3 Å². The number of hydrogen-bond acceptors (Lipinski definition) is 0. The highest BCUT2D eigenvalue weighted by Gasteiger charge is 1.94. The molecule has 0 atom stereocenters. The van der Waals surface area contributed by atoms with Gasteiger partial charge < -0.3 is 17.0 Å². The molecule has 0 aromatic carbocycles. The Labute approximate surface area is 113 Å². The van der Waals surface area contributed by atoms with Gasteiger partial charge in [-0.3, -0.25) is 0 Å². The lowest BCUT2D eigenvalue weighted by molar-refractivity contribution is -0.697. The van der Waals surface area contributed by atoms with Crippen molar-refractivity contribution >= 4 is 28.3 Å². The summed E-state index contributed by atoms with van der Waals surface area (Å²) in [4.78, 5) is 0. The fourth-order valence-electron chi connectivity index (χ4n) is 1.13. The molecule has 1 rings (SSSR count). The fourth-order valence-corrected chi connectivity index (χ4v) is 1.13. The van der Waals surface area contributed by atoms with E-state index in [4.69, 9.17) is 0 Å². The fraction of sp³-hybridized carbons (Fsp3) is 0.500. The molecule has 0 N–H and O–H groups in total. The van der Waals surface area contributed by atoms with Gasteiger partial charge in [0.2, 0.25) is 0 Å². The second kappa shape index (κ2) is 13.6. The van der Waals surface area contributed by atoms with Crippen LogP contribution in [0.5, 0.6) is 0 Å². The number of aryl methyl sites for hydroxylation is 1. The molecular weight excluding hydrogens is 374 g/mol. The minimum absolute atomic E-state index is 0. The zero-order chi connectivity index (χ0) is 9.94. The number of hydrogen-bond donors (Lipinski definition) is 0. The van der Waals surface area contributed by atoms with E-state index in [1.54, 1.807) is 0 Å². The first-order chi connectivity index (χ1) is 6.43. The molecular formula is C10H16Br3N. The Hall–Kier alpha value is 0.590. The summed E-state index contributed by atoms with van der Waals surface area (Å²) in [5, 5.41) is 0. The van der Waals surface area contributed by atoms with Crippen molar-refractivity contribution in [1.29, 1.82) is 0 Å². The quantitative estimate of drug-likeness (QED) is 0.531. The Bertz CT molecular complexity index is 192. The first-order valence-corrected chi connectivity index (χ1v) is 8.23. The Balaban J connectivity index is 0. The van der Waals surface area contributed by atoms with Gasteiger partial charge in [-0.25, -0.2) is 4.57 Å². The molecule has 1 aromatic heterocycles. The van der Waals surface area contributed by atoms with Crippen molar-refractivity contribution < 1.29 is 21.5 Å². The first-order valence-electron chi connectivity index (χ1n) is 4.52. The smallest absolute Gasteiger partial charge is 0.168 e. The topological polar surface area (TPSA) is 3.88 Å². The van der Waals surface area contributed by atoms with Crippen LogP contribution in [0.25, 0.3) is 0 Å². The second-order valence-electron chi connectivity index (χ2n) is 2.82. The number of pyridine rings is 1. The summed E-state index contributed by atoms with van der Waals surface area (Å²) in [6.07, 6.45) is 8.17. The number of nitrogens with zero attached hydrogens (tertiary/aromatic N) is 1. The van der Waals surface area contributed by atoms with E-state index >= 15 is 0 Å². The molecule has 0 bridgehead atoms. The summed E-state index contributed by atoms with van der Waals surface area (Å²) in [6, 6.07) is 6.20. The van der Waals surface area contributed by atoms with Crippen LogP contribution in [-0.2, 0) is 6.54 Å². The first kappa shape index (κ1) is 17.0. The highest BCUT2D eigenvalue weighted by atomic mass is 80.9. The van der Waals surface area contributed by atoms with E-state index in [2.05, 4.69) is 70.3 Å². The molecule has 1 aromatic rings. The van der Waals surface area contributed by atoms with Crippen LogP contribution in [0.4, 0.5) is 0 Å². The van der Waals surface area contributed by atoms with E-state index in [0.29, 0.717) is 0 Å². The lowest BCUT2D eigenvalue weighted by Gasteiger charge is -1.93. The summed E-state index contributed by atoms with van der Waals surface area (Å²) in [5.74, 6) is 0. The molecule has 0 spiro atoms. The Morgan fingerprint density at radius 1 is 1.00 bits per heavy atom. The summed E-state index contributed by atoms with van der Waals surface area (Å²) in [6.45, 7) is 3.39. The normalized spacial score (nSPS) is 8.21. The molecule has 0 saturated heterocycles. The van der Waals surface area contributed by atoms with Crippen molar-refractivity contribution in [2.24, 2.45) is 0 Å². The third kappa shape index (κ3) is 9.16. The van der Waals surface area contributed by atoms with Gasteiger partial charge in [-0.05, 0) is 6.42 Å². The molecule has 0 aliphatic rings. The van der Waals surface area contributed by atoms with E-state index < -0.39 is 0 Å². The van der Waals surface area contributed by atoms with Crippen LogP contribution in [0.2, 0.25) is 0 Å². The van der Waals surface area contributed by atoms with Gasteiger partial charge in [0, 0.05) is 46.8 Å². The van der Waals surface area contributed by atoms with Crippen molar-refractivity contribution in [2.45, 2.75) is 32.7 Å². The molecule has 0 unspecified atom stereocenters. The van der Waals surface area contributed by atoms with E-state index in [-0.39, 0.29) is 17.0 Å². The van der Waals surface area contributed by atoms with Gasteiger partial charge in [-0.15, -0.1) is 0 Å². The largest absolute Gasteiger partial charge is 1.00 e. The van der Waals surface area contributed by atoms with E-state index in [9.17, 15) is 0 Å². The number of halogens is 3. The molecule has 82 valence electrons. The van der Waals surface area contributed by atoms with E-state index in [1.807, 2.05) is 0 Å². The molecule has 1 heterocycles. The third-order valence-corrected chi connectivity index (χ3v) is 1.80. The van der Waals surface area contributed by atoms with Crippen molar-refractivity contribution in [1.82, 2.24) is 0 Å². The van der Waals surface area contributed by atoms with Gasteiger partial charge in [0.25, 0.3) is 0 Å². The Morgan fingerprint density at radius 3 is 2.07 bits per heavy atom. The molecule has 1 nitrogen and oxygen atoms in total. The third-order valence-electron chi connectivity index (χ3n) is 1.80. The van der Waals surface area contributed by atoms with Crippen molar-refractivity contribution in [3.05, 3.63) is 30.6 Å². The molecule has 0 saturated carbocycles. The van der Waals surface area contributed by atoms with Crippen LogP contribution < -0.4 is 21.5 Å². The van der Waals surface area contributed by atoms with E-state index in [1.165, 1.54) is 19.3 Å². The summed E-state index contributed by atoms with van der Waals surface area (Å²) in [7, 11) is 0. The lowest BCUT2D eigenvalue weighted by Crippen LogP contribution is -3.00. The number of aromatic nitrogens is 1. The minimum atomic E-state index is 0. The molecule has 0 fully saturated rings. The van der Waals surface area contributed by atoms with Gasteiger partial charge in [0.15, 0.2) is 12.4 Å². The second-order valence-corrected chi connectivity index (χ2v) is 2.82. The minimum Gasteiger partial charge on any atom is -1.00 e. The molecule has 0 amide bonds. The predicted octanol–water partition coefficient (Wildman–Crippen LogP) is 0.859. The highest BCUT2D eigenvalue weighted by molar-refractivity contribution is 9.93. The Kier molecular flexibility index (Phi) is 16.5. The maximum absolute atomic E-state index is 2.75. The van der Waals surface area contributed by atoms with Gasteiger partial charge in [0.05, 0.1) is 0 Å². The summed E-state index contributed by atoms with van der Waals surface area (Å²) >= 11 is 5.50. The average molecular weight is 390 g/mol. The standard InChI is InChI=1S/C10H16N.Br2.BrH/c1-2-3-5-8-11-9-6-4-7-10-11;1-2;/h4,6-7,9-10H,2-3,5,8H2,1H3;;1H/q+1;;/p-1. The molecule has 0 radical (unpaired) electrons. The summed E-state index contributed by atoms with van der Waals surface area (Å²) < 4.78 is 2.23. The lowest BCUT2D eigenvalue weighted by atomic mass is 10.2. The maximum Gasteiger partial charge on any atom is 0.168 e. The van der Waals surface area contributed by atoms with Crippen molar-refractivity contribution in [3.63, 3.8) is 0 Å². The van der Waals surface area contributed by atoms with E-state index in [0.717, 1.165) is 6.54 Å². The van der Waals surface area contributed by atoms with Crippen LogP contribution in [0.1, 0.15) is 26.2 Å². The van der Waals surface area contributed by atoms with Crippen molar-refractivity contribution in [2.75, 3.05) is 0 Å². The van der Waals surface area contributed by atoms with Crippen LogP contribution in [0.15, 0.2) is 30.6 Å². The average Bonchev–Trinajstić information content (AvgIpc) is 2.23. The number of unbranched alkanes of at least 4 members (excludes halogenated alkanes) is 2. The molecule has 14 heavy (non-hydrogen) atoms. The predicted molar refractivity (Wildman–Crippen MR) is 64.0 cm³/mol. The van der Waals surface area contributed by atoms with Crippen molar-refractivity contribution in [3.8, 4) is 0 Å². The maximum atomic E-state index is 2.75. The molecule has 0 aliphatic carbocycles.